The zero-order valence-corrected chi connectivity index (χ0v) is 19.2. The molecule has 0 saturated carbocycles. The highest BCUT2D eigenvalue weighted by Crippen LogP contribution is 2.32. The van der Waals surface area contributed by atoms with Gasteiger partial charge in [0.2, 0.25) is 0 Å². The van der Waals surface area contributed by atoms with Crippen LogP contribution in [0.5, 0.6) is 5.75 Å². The Labute approximate surface area is 198 Å². The van der Waals surface area contributed by atoms with Crippen molar-refractivity contribution in [2.24, 2.45) is 0 Å². The number of alkyl halides is 3. The van der Waals surface area contributed by atoms with Gasteiger partial charge in [-0.05, 0) is 54.1 Å². The number of pyridine rings is 1. The van der Waals surface area contributed by atoms with Crippen molar-refractivity contribution in [3.8, 4) is 17.0 Å². The monoisotopic (exact) mass is 492 g/mol. The molecule has 4 aromatic rings. The molecule has 4 rings (SSSR count). The van der Waals surface area contributed by atoms with Gasteiger partial charge in [0.05, 0.1) is 5.69 Å². The fraction of sp³-hybridized carbons (Fsp3) is 0.130. The third kappa shape index (κ3) is 7.44. The molecule has 172 valence electrons. The fourth-order valence-electron chi connectivity index (χ4n) is 2.72. The predicted octanol–water partition coefficient (Wildman–Crippen LogP) is 7.94. The molecule has 2 aromatic heterocycles. The number of hydrogen-bond donors (Lipinski definition) is 2. The van der Waals surface area contributed by atoms with E-state index in [1.54, 1.807) is 23.9 Å². The molecule has 2 heterocycles. The van der Waals surface area contributed by atoms with Gasteiger partial charge in [-0.15, -0.1) is 13.2 Å². The van der Waals surface area contributed by atoms with Gasteiger partial charge in [0.25, 0.3) is 0 Å². The van der Waals surface area contributed by atoms with Crippen LogP contribution < -0.4 is 10.1 Å². The van der Waals surface area contributed by atoms with Gasteiger partial charge in [0.1, 0.15) is 16.7 Å². The Kier molecular flexibility index (Phi) is 8.24. The van der Waals surface area contributed by atoms with Gasteiger partial charge in [-0.25, -0.2) is 4.98 Å². The van der Waals surface area contributed by atoms with E-state index in [0.717, 1.165) is 9.79 Å². The van der Waals surface area contributed by atoms with Crippen LogP contribution in [0.1, 0.15) is 13.8 Å². The minimum atomic E-state index is -4.73. The summed E-state index contributed by atoms with van der Waals surface area (Å²) in [5.74, 6) is 0.703. The number of anilines is 2. The van der Waals surface area contributed by atoms with Crippen molar-refractivity contribution in [1.82, 2.24) is 15.2 Å². The maximum absolute atomic E-state index is 12.3. The second-order valence-corrected chi connectivity index (χ2v) is 7.82. The van der Waals surface area contributed by atoms with Gasteiger partial charge >= 0.3 is 6.36 Å². The Bertz CT molecular complexity index is 1170. The normalized spacial score (nSPS) is 10.8. The first-order valence-electron chi connectivity index (χ1n) is 9.93. The third-order valence-corrected chi connectivity index (χ3v) is 5.15. The lowest BCUT2D eigenvalue weighted by Crippen LogP contribution is -2.16. The summed E-state index contributed by atoms with van der Waals surface area (Å²) in [6.07, 6.45) is -4.73. The second-order valence-electron chi connectivity index (χ2n) is 6.29. The standard InChI is InChI=1S/C21H14ClF3N4OS.C2H6/c22-18-10-16(31-15-4-2-1-3-5-15)11-19(26-18)27-20-12-17(28-29-20)13-6-8-14(9-7-13)30-21(23,24)25;1-2/h1-12H,(H2,26,27,28,29);1-2H3. The number of nitrogens with zero attached hydrogens (tertiary/aromatic N) is 2. The van der Waals surface area contributed by atoms with Crippen LogP contribution in [0.2, 0.25) is 5.15 Å². The Morgan fingerprint density at radius 1 is 0.909 bits per heavy atom. The van der Waals surface area contributed by atoms with Crippen molar-refractivity contribution >= 4 is 35.0 Å². The van der Waals surface area contributed by atoms with Gasteiger partial charge < -0.3 is 10.1 Å². The van der Waals surface area contributed by atoms with Gasteiger partial charge in [0, 0.05) is 15.9 Å². The lowest BCUT2D eigenvalue weighted by Gasteiger charge is -2.08. The maximum atomic E-state index is 12.3. The van der Waals surface area contributed by atoms with Crippen LogP contribution in [0.15, 0.2) is 82.6 Å². The van der Waals surface area contributed by atoms with Crippen molar-refractivity contribution in [1.29, 1.82) is 0 Å². The summed E-state index contributed by atoms with van der Waals surface area (Å²) < 4.78 is 40.8. The van der Waals surface area contributed by atoms with Crippen LogP contribution in [0, 0.1) is 0 Å². The van der Waals surface area contributed by atoms with E-state index in [2.05, 4.69) is 25.2 Å². The average Bonchev–Trinajstić information content (AvgIpc) is 3.23. The largest absolute Gasteiger partial charge is 0.573 e. The molecule has 0 aliphatic carbocycles. The van der Waals surface area contributed by atoms with Gasteiger partial charge in [-0.1, -0.05) is 55.4 Å². The number of aromatic nitrogens is 3. The molecule has 0 radical (unpaired) electrons. The summed E-state index contributed by atoms with van der Waals surface area (Å²) in [6.45, 7) is 4.00. The summed E-state index contributed by atoms with van der Waals surface area (Å²) in [6, 6.07) is 20.7. The minimum absolute atomic E-state index is 0.291. The quantitative estimate of drug-likeness (QED) is 0.267. The highest BCUT2D eigenvalue weighted by Gasteiger charge is 2.31. The molecule has 0 spiro atoms. The smallest absolute Gasteiger partial charge is 0.406 e. The topological polar surface area (TPSA) is 62.8 Å². The minimum Gasteiger partial charge on any atom is -0.406 e. The van der Waals surface area contributed by atoms with E-state index in [4.69, 9.17) is 11.6 Å². The van der Waals surface area contributed by atoms with Crippen LogP contribution in [0.4, 0.5) is 24.8 Å². The zero-order valence-electron chi connectivity index (χ0n) is 17.7. The van der Waals surface area contributed by atoms with E-state index >= 15 is 0 Å². The number of rotatable bonds is 6. The fourth-order valence-corrected chi connectivity index (χ4v) is 3.90. The van der Waals surface area contributed by atoms with E-state index < -0.39 is 6.36 Å². The molecule has 2 aromatic carbocycles. The molecule has 0 saturated heterocycles. The summed E-state index contributed by atoms with van der Waals surface area (Å²) in [4.78, 5) is 6.24. The molecule has 0 amide bonds. The summed E-state index contributed by atoms with van der Waals surface area (Å²) >= 11 is 7.71. The predicted molar refractivity (Wildman–Crippen MR) is 125 cm³/mol. The van der Waals surface area contributed by atoms with E-state index in [-0.39, 0.29) is 5.75 Å². The van der Waals surface area contributed by atoms with Gasteiger partial charge in [-0.2, -0.15) is 5.10 Å². The number of benzene rings is 2. The van der Waals surface area contributed by atoms with Crippen LogP contribution in [0.3, 0.4) is 0 Å². The molecule has 0 fully saturated rings. The number of aromatic amines is 1. The number of hydrogen-bond acceptors (Lipinski definition) is 5. The van der Waals surface area contributed by atoms with Crippen molar-refractivity contribution < 1.29 is 17.9 Å². The van der Waals surface area contributed by atoms with Crippen LogP contribution in [-0.4, -0.2) is 21.5 Å². The molecule has 2 N–H and O–H groups in total. The lowest BCUT2D eigenvalue weighted by molar-refractivity contribution is -0.274. The highest BCUT2D eigenvalue weighted by molar-refractivity contribution is 7.99. The second kappa shape index (κ2) is 11.1. The molecule has 0 unspecified atom stereocenters. The van der Waals surface area contributed by atoms with Crippen LogP contribution in [0.25, 0.3) is 11.3 Å². The zero-order chi connectivity index (χ0) is 23.8. The van der Waals surface area contributed by atoms with E-state index in [0.29, 0.717) is 28.0 Å². The third-order valence-electron chi connectivity index (χ3n) is 3.98. The molecular weight excluding hydrogens is 473 g/mol. The summed E-state index contributed by atoms with van der Waals surface area (Å²) in [5.41, 5.74) is 1.26. The SMILES string of the molecule is CC.FC(F)(F)Oc1ccc(-c2cc(Nc3cc(Sc4ccccc4)cc(Cl)n3)n[nH]2)cc1. The van der Waals surface area contributed by atoms with E-state index in [1.165, 1.54) is 24.3 Å². The Balaban J connectivity index is 0.00000149. The molecule has 33 heavy (non-hydrogen) atoms. The Morgan fingerprint density at radius 3 is 2.27 bits per heavy atom. The molecule has 0 atom stereocenters. The van der Waals surface area contributed by atoms with Crippen molar-refractivity contribution in [2.45, 2.75) is 30.0 Å². The highest BCUT2D eigenvalue weighted by atomic mass is 35.5. The van der Waals surface area contributed by atoms with Crippen molar-refractivity contribution in [2.75, 3.05) is 5.32 Å². The van der Waals surface area contributed by atoms with Crippen LogP contribution >= 0.6 is 23.4 Å². The number of halogens is 4. The average molecular weight is 493 g/mol. The summed E-state index contributed by atoms with van der Waals surface area (Å²) in [7, 11) is 0. The lowest BCUT2D eigenvalue weighted by atomic mass is 10.1. The molecule has 0 bridgehead atoms. The first-order chi connectivity index (χ1) is 15.8. The number of H-pyrrole nitrogens is 1. The van der Waals surface area contributed by atoms with Crippen LogP contribution in [-0.2, 0) is 0 Å². The van der Waals surface area contributed by atoms with Crippen molar-refractivity contribution in [3.63, 3.8) is 0 Å². The first kappa shape index (κ1) is 24.5. The molecule has 10 heteroatoms. The van der Waals surface area contributed by atoms with Crippen molar-refractivity contribution in [3.05, 3.63) is 77.9 Å². The molecule has 5 nitrogen and oxygen atoms in total. The molecular formula is C23H20ClF3N4OS. The maximum Gasteiger partial charge on any atom is 0.573 e. The molecule has 0 aliphatic rings. The number of ether oxygens (including phenoxy) is 1. The van der Waals surface area contributed by atoms with Gasteiger partial charge in [-0.3, -0.25) is 5.10 Å². The summed E-state index contributed by atoms with van der Waals surface area (Å²) in [5, 5.41) is 10.4. The first-order valence-corrected chi connectivity index (χ1v) is 11.1. The van der Waals surface area contributed by atoms with E-state index in [1.807, 2.05) is 50.2 Å². The molecule has 0 aliphatic heterocycles. The Morgan fingerprint density at radius 2 is 1.61 bits per heavy atom. The van der Waals surface area contributed by atoms with E-state index in [9.17, 15) is 13.2 Å². The number of nitrogens with one attached hydrogen (secondary N) is 2. The Hall–Kier alpha value is -3.17. The van der Waals surface area contributed by atoms with Gasteiger partial charge in [0.15, 0.2) is 5.82 Å².